The number of carboxylic acids is 1. The first-order chi connectivity index (χ1) is 9.53. The molecule has 0 aromatic rings. The van der Waals surface area contributed by atoms with Crippen LogP contribution in [0.1, 0.15) is 44.9 Å². The zero-order chi connectivity index (χ0) is 14.6. The lowest BCUT2D eigenvalue weighted by Crippen LogP contribution is -2.45. The average molecular weight is 301 g/mol. The normalized spacial score (nSPS) is 24.1. The van der Waals surface area contributed by atoms with Crippen molar-refractivity contribution in [3.63, 3.8) is 0 Å². The van der Waals surface area contributed by atoms with E-state index >= 15 is 0 Å². The Hall–Kier alpha value is -0.910. The summed E-state index contributed by atoms with van der Waals surface area (Å²) in [7, 11) is -0.816. The van der Waals surface area contributed by atoms with Crippen LogP contribution in [0.2, 0.25) is 0 Å². The van der Waals surface area contributed by atoms with Gasteiger partial charge in [0.2, 0.25) is 5.91 Å². The molecule has 1 aliphatic carbocycles. The van der Waals surface area contributed by atoms with E-state index in [1.165, 1.54) is 0 Å². The van der Waals surface area contributed by atoms with E-state index in [2.05, 4.69) is 0 Å². The molecule has 1 saturated carbocycles. The Morgan fingerprint density at radius 3 is 2.10 bits per heavy atom. The fourth-order valence-electron chi connectivity index (χ4n) is 3.16. The molecule has 1 heterocycles. The molecule has 2 rings (SSSR count). The monoisotopic (exact) mass is 301 g/mol. The topological polar surface area (TPSA) is 74.7 Å². The summed E-state index contributed by atoms with van der Waals surface area (Å²) in [4.78, 5) is 25.7. The summed E-state index contributed by atoms with van der Waals surface area (Å²) in [5, 5.41) is 9.58. The molecule has 20 heavy (non-hydrogen) atoms. The molecule has 5 nitrogen and oxygen atoms in total. The van der Waals surface area contributed by atoms with Gasteiger partial charge in [-0.1, -0.05) is 25.7 Å². The molecule has 1 aliphatic heterocycles. The molecule has 0 aromatic heterocycles. The summed E-state index contributed by atoms with van der Waals surface area (Å²) in [5.41, 5.74) is -0.871. The molecule has 0 unspecified atom stereocenters. The maximum Gasteiger partial charge on any atom is 0.310 e. The van der Waals surface area contributed by atoms with Crippen LogP contribution in [0, 0.1) is 5.41 Å². The van der Waals surface area contributed by atoms with E-state index in [4.69, 9.17) is 0 Å². The van der Waals surface area contributed by atoms with Crippen molar-refractivity contribution in [2.24, 2.45) is 5.41 Å². The minimum absolute atomic E-state index is 0.0778. The lowest BCUT2D eigenvalue weighted by Gasteiger charge is -2.32. The van der Waals surface area contributed by atoms with Gasteiger partial charge >= 0.3 is 5.97 Å². The molecular weight excluding hydrogens is 278 g/mol. The summed E-state index contributed by atoms with van der Waals surface area (Å²) >= 11 is 0. The molecule has 2 aliphatic rings. The molecule has 6 heteroatoms. The number of amides is 1. The summed E-state index contributed by atoms with van der Waals surface area (Å²) in [5.74, 6) is 0.136. The van der Waals surface area contributed by atoms with Gasteiger partial charge < -0.3 is 10.0 Å². The number of nitrogens with zero attached hydrogens (tertiary/aromatic N) is 1. The molecular formula is C14H23NO4S. The number of hydrogen-bond donors (Lipinski definition) is 1. The molecule has 1 saturated heterocycles. The third kappa shape index (κ3) is 3.59. The van der Waals surface area contributed by atoms with Crippen molar-refractivity contribution in [2.45, 2.75) is 44.9 Å². The first-order valence-corrected chi connectivity index (χ1v) is 8.88. The lowest BCUT2D eigenvalue weighted by atomic mass is 9.77. The highest BCUT2D eigenvalue weighted by molar-refractivity contribution is 7.85. The highest BCUT2D eigenvalue weighted by atomic mass is 32.2. The SMILES string of the molecule is O=C(CC1(C(=O)O)CCCCCC1)N1CCS(=O)CC1. The van der Waals surface area contributed by atoms with Crippen LogP contribution < -0.4 is 0 Å². The first kappa shape index (κ1) is 15.5. The van der Waals surface area contributed by atoms with Gasteiger partial charge in [0.05, 0.1) is 5.41 Å². The molecule has 0 atom stereocenters. The molecule has 0 aromatic carbocycles. The molecule has 1 N–H and O–H groups in total. The fourth-order valence-corrected chi connectivity index (χ4v) is 4.21. The van der Waals surface area contributed by atoms with Crippen molar-refractivity contribution in [1.82, 2.24) is 4.90 Å². The van der Waals surface area contributed by atoms with E-state index in [1.54, 1.807) is 4.90 Å². The number of carbonyl (C=O) groups is 2. The van der Waals surface area contributed by atoms with Crippen LogP contribution >= 0.6 is 0 Å². The average Bonchev–Trinajstić information content (AvgIpc) is 2.66. The number of carboxylic acid groups (broad SMARTS) is 1. The summed E-state index contributed by atoms with van der Waals surface area (Å²) in [6, 6.07) is 0. The van der Waals surface area contributed by atoms with Crippen molar-refractivity contribution in [1.29, 1.82) is 0 Å². The van der Waals surface area contributed by atoms with Crippen LogP contribution in [0.25, 0.3) is 0 Å². The largest absolute Gasteiger partial charge is 0.481 e. The van der Waals surface area contributed by atoms with E-state index in [1.807, 2.05) is 0 Å². The van der Waals surface area contributed by atoms with Crippen molar-refractivity contribution in [3.05, 3.63) is 0 Å². The minimum Gasteiger partial charge on any atom is -0.481 e. The van der Waals surface area contributed by atoms with E-state index < -0.39 is 22.2 Å². The zero-order valence-corrected chi connectivity index (χ0v) is 12.6. The minimum atomic E-state index is -0.871. The predicted molar refractivity (Wildman–Crippen MR) is 76.8 cm³/mol. The van der Waals surface area contributed by atoms with Gasteiger partial charge in [0.15, 0.2) is 0 Å². The van der Waals surface area contributed by atoms with Gasteiger partial charge in [0.25, 0.3) is 0 Å². The van der Waals surface area contributed by atoms with Crippen molar-refractivity contribution < 1.29 is 18.9 Å². The molecule has 2 fully saturated rings. The lowest BCUT2D eigenvalue weighted by molar-refractivity contribution is -0.154. The smallest absolute Gasteiger partial charge is 0.310 e. The highest BCUT2D eigenvalue weighted by Gasteiger charge is 2.41. The van der Waals surface area contributed by atoms with E-state index in [0.717, 1.165) is 25.7 Å². The third-order valence-corrected chi connectivity index (χ3v) is 5.81. The second-order valence-corrected chi connectivity index (χ2v) is 7.60. The Labute approximate surface area is 122 Å². The fraction of sp³-hybridized carbons (Fsp3) is 0.857. The van der Waals surface area contributed by atoms with Crippen LogP contribution in [-0.4, -0.2) is 50.7 Å². The Kier molecular flexibility index (Phi) is 5.18. The zero-order valence-electron chi connectivity index (χ0n) is 11.8. The molecule has 0 radical (unpaired) electrons. The van der Waals surface area contributed by atoms with Gasteiger partial charge in [0, 0.05) is 41.8 Å². The van der Waals surface area contributed by atoms with Crippen LogP contribution in [0.3, 0.4) is 0 Å². The maximum absolute atomic E-state index is 12.4. The van der Waals surface area contributed by atoms with E-state index in [-0.39, 0.29) is 12.3 Å². The van der Waals surface area contributed by atoms with Gasteiger partial charge in [-0.05, 0) is 12.8 Å². The highest BCUT2D eigenvalue weighted by Crippen LogP contribution is 2.39. The number of hydrogen-bond acceptors (Lipinski definition) is 3. The van der Waals surface area contributed by atoms with Gasteiger partial charge in [-0.2, -0.15) is 0 Å². The number of rotatable bonds is 3. The van der Waals surface area contributed by atoms with Crippen molar-refractivity contribution >= 4 is 22.7 Å². The standard InChI is InChI=1S/C14H23NO4S/c16-12(15-7-9-20(19)10-8-15)11-14(13(17)18)5-3-1-2-4-6-14/h1-11H2,(H,17,18). The number of carbonyl (C=O) groups excluding carboxylic acids is 1. The van der Waals surface area contributed by atoms with Crippen molar-refractivity contribution in [2.75, 3.05) is 24.6 Å². The van der Waals surface area contributed by atoms with E-state index in [0.29, 0.717) is 37.4 Å². The van der Waals surface area contributed by atoms with Crippen LogP contribution in [0.4, 0.5) is 0 Å². The quantitative estimate of drug-likeness (QED) is 0.799. The van der Waals surface area contributed by atoms with Crippen LogP contribution in [-0.2, 0) is 20.4 Å². The van der Waals surface area contributed by atoms with Gasteiger partial charge in [-0.15, -0.1) is 0 Å². The Morgan fingerprint density at radius 2 is 1.60 bits per heavy atom. The second kappa shape index (κ2) is 6.70. The Bertz CT molecular complexity index is 392. The van der Waals surface area contributed by atoms with Gasteiger partial charge in [0.1, 0.15) is 0 Å². The second-order valence-electron chi connectivity index (χ2n) is 5.91. The Balaban J connectivity index is 2.02. The third-order valence-electron chi connectivity index (χ3n) is 4.53. The van der Waals surface area contributed by atoms with Crippen LogP contribution in [0.15, 0.2) is 0 Å². The predicted octanol–water partition coefficient (Wildman–Crippen LogP) is 1.39. The van der Waals surface area contributed by atoms with Crippen LogP contribution in [0.5, 0.6) is 0 Å². The number of aliphatic carboxylic acids is 1. The summed E-state index contributed by atoms with van der Waals surface area (Å²) in [6.45, 7) is 1.00. The molecule has 1 amide bonds. The molecule has 0 bridgehead atoms. The van der Waals surface area contributed by atoms with Crippen molar-refractivity contribution in [3.8, 4) is 0 Å². The first-order valence-electron chi connectivity index (χ1n) is 7.40. The molecule has 114 valence electrons. The van der Waals surface area contributed by atoms with E-state index in [9.17, 15) is 18.9 Å². The van der Waals surface area contributed by atoms with Gasteiger partial charge in [-0.25, -0.2) is 0 Å². The Morgan fingerprint density at radius 1 is 1.05 bits per heavy atom. The van der Waals surface area contributed by atoms with Gasteiger partial charge in [-0.3, -0.25) is 13.8 Å². The summed E-state index contributed by atoms with van der Waals surface area (Å²) < 4.78 is 11.3. The summed E-state index contributed by atoms with van der Waals surface area (Å²) in [6.07, 6.45) is 5.22. The molecule has 0 spiro atoms. The maximum atomic E-state index is 12.4.